The zero-order valence-corrected chi connectivity index (χ0v) is 12.5. The monoisotopic (exact) mass is 302 g/mol. The predicted octanol–water partition coefficient (Wildman–Crippen LogP) is 4.42. The first-order valence-electron chi connectivity index (χ1n) is 7.86. The Hall–Kier alpha value is -2.81. The molecular formula is C20H14O3. The fourth-order valence-electron chi connectivity index (χ4n) is 3.56. The van der Waals surface area contributed by atoms with Crippen LogP contribution in [-0.4, -0.2) is 6.61 Å². The van der Waals surface area contributed by atoms with Crippen LogP contribution in [0.15, 0.2) is 57.7 Å². The maximum atomic E-state index is 12.7. The van der Waals surface area contributed by atoms with Gasteiger partial charge in [0.2, 0.25) is 0 Å². The van der Waals surface area contributed by atoms with Crippen LogP contribution in [0.3, 0.4) is 0 Å². The second kappa shape index (κ2) is 4.59. The third-order valence-corrected chi connectivity index (χ3v) is 4.64. The molecule has 1 aliphatic rings. The summed E-state index contributed by atoms with van der Waals surface area (Å²) >= 11 is 0. The third-order valence-electron chi connectivity index (χ3n) is 4.64. The van der Waals surface area contributed by atoms with Crippen LogP contribution in [0.4, 0.5) is 0 Å². The summed E-state index contributed by atoms with van der Waals surface area (Å²) in [5.41, 5.74) is 1.43. The van der Waals surface area contributed by atoms with E-state index in [0.717, 1.165) is 39.9 Å². The minimum Gasteiger partial charge on any atom is -0.492 e. The zero-order chi connectivity index (χ0) is 15.4. The molecule has 0 atom stereocenters. The fraction of sp³-hybridized carbons (Fsp3) is 0.150. The van der Waals surface area contributed by atoms with Gasteiger partial charge in [-0.3, -0.25) is 0 Å². The molecule has 3 aromatic carbocycles. The van der Waals surface area contributed by atoms with Crippen molar-refractivity contribution in [2.45, 2.75) is 12.8 Å². The van der Waals surface area contributed by atoms with E-state index in [-0.39, 0.29) is 5.63 Å². The van der Waals surface area contributed by atoms with Gasteiger partial charge in [0, 0.05) is 16.2 Å². The number of hydrogen-bond donors (Lipinski definition) is 0. The van der Waals surface area contributed by atoms with Crippen molar-refractivity contribution in [3.8, 4) is 5.75 Å². The normalized spacial score (nSPS) is 14.1. The number of hydrogen-bond acceptors (Lipinski definition) is 3. The lowest BCUT2D eigenvalue weighted by atomic mass is 9.98. The summed E-state index contributed by atoms with van der Waals surface area (Å²) in [5, 5.41) is 4.46. The zero-order valence-electron chi connectivity index (χ0n) is 12.5. The molecule has 0 saturated carbocycles. The van der Waals surface area contributed by atoms with E-state index in [1.54, 1.807) is 0 Å². The summed E-state index contributed by atoms with van der Waals surface area (Å²) < 4.78 is 11.5. The molecule has 23 heavy (non-hydrogen) atoms. The van der Waals surface area contributed by atoms with Gasteiger partial charge in [-0.05, 0) is 29.9 Å². The molecule has 0 amide bonds. The first-order chi connectivity index (χ1) is 11.3. The molecule has 0 N–H and O–H groups in total. The van der Waals surface area contributed by atoms with Gasteiger partial charge in [0.15, 0.2) is 0 Å². The summed E-state index contributed by atoms with van der Waals surface area (Å²) in [4.78, 5) is 12.7. The summed E-state index contributed by atoms with van der Waals surface area (Å²) in [6.07, 6.45) is 1.93. The van der Waals surface area contributed by atoms with Gasteiger partial charge in [-0.1, -0.05) is 42.5 Å². The summed E-state index contributed by atoms with van der Waals surface area (Å²) in [7, 11) is 0. The van der Waals surface area contributed by atoms with Crippen molar-refractivity contribution in [2.24, 2.45) is 0 Å². The van der Waals surface area contributed by atoms with Gasteiger partial charge in [0.05, 0.1) is 6.61 Å². The van der Waals surface area contributed by atoms with Gasteiger partial charge in [-0.25, -0.2) is 4.79 Å². The van der Waals surface area contributed by atoms with E-state index in [1.165, 1.54) is 0 Å². The number of benzene rings is 3. The van der Waals surface area contributed by atoms with Crippen LogP contribution in [0.25, 0.3) is 32.5 Å². The Balaban J connectivity index is 2.01. The van der Waals surface area contributed by atoms with E-state index in [2.05, 4.69) is 12.1 Å². The summed E-state index contributed by atoms with van der Waals surface area (Å²) in [6.45, 7) is 0.654. The molecule has 4 aromatic rings. The molecule has 112 valence electrons. The van der Waals surface area contributed by atoms with Crippen LogP contribution in [-0.2, 0) is 6.42 Å². The van der Waals surface area contributed by atoms with E-state index in [1.807, 2.05) is 36.4 Å². The van der Waals surface area contributed by atoms with E-state index < -0.39 is 0 Å². The van der Waals surface area contributed by atoms with Crippen molar-refractivity contribution >= 4 is 32.5 Å². The Labute approximate surface area is 132 Å². The van der Waals surface area contributed by atoms with Crippen molar-refractivity contribution in [3.05, 3.63) is 64.5 Å². The molecule has 0 spiro atoms. The largest absolute Gasteiger partial charge is 0.492 e. The Morgan fingerprint density at radius 1 is 0.870 bits per heavy atom. The molecule has 0 bridgehead atoms. The lowest BCUT2D eigenvalue weighted by Gasteiger charge is -2.19. The maximum absolute atomic E-state index is 12.7. The smallest absolute Gasteiger partial charge is 0.348 e. The number of rotatable bonds is 0. The SMILES string of the molecule is O=c1oc2c3ccccc3ccc2c2ccc3c(c12)OCCC3. The highest BCUT2D eigenvalue weighted by Gasteiger charge is 2.19. The molecule has 3 nitrogen and oxygen atoms in total. The molecule has 0 saturated heterocycles. The van der Waals surface area contributed by atoms with Gasteiger partial charge in [0.25, 0.3) is 0 Å². The summed E-state index contributed by atoms with van der Waals surface area (Å²) in [6, 6.07) is 16.1. The molecule has 0 radical (unpaired) electrons. The van der Waals surface area contributed by atoms with Gasteiger partial charge in [0.1, 0.15) is 16.7 Å². The maximum Gasteiger partial charge on any atom is 0.348 e. The van der Waals surface area contributed by atoms with Crippen LogP contribution in [0.1, 0.15) is 12.0 Å². The molecule has 0 unspecified atom stereocenters. The van der Waals surface area contributed by atoms with Crippen molar-refractivity contribution in [1.29, 1.82) is 0 Å². The molecule has 1 aliphatic heterocycles. The van der Waals surface area contributed by atoms with Gasteiger partial charge in [-0.2, -0.15) is 0 Å². The van der Waals surface area contributed by atoms with Crippen LogP contribution < -0.4 is 10.4 Å². The van der Waals surface area contributed by atoms with E-state index >= 15 is 0 Å². The van der Waals surface area contributed by atoms with Crippen LogP contribution in [0.5, 0.6) is 5.75 Å². The topological polar surface area (TPSA) is 39.4 Å². The molecular weight excluding hydrogens is 288 g/mol. The molecule has 5 rings (SSSR count). The van der Waals surface area contributed by atoms with E-state index in [9.17, 15) is 4.79 Å². The van der Waals surface area contributed by atoms with Crippen molar-refractivity contribution < 1.29 is 9.15 Å². The van der Waals surface area contributed by atoms with E-state index in [0.29, 0.717) is 23.3 Å². The van der Waals surface area contributed by atoms with Gasteiger partial charge >= 0.3 is 5.63 Å². The Bertz CT molecular complexity index is 1140. The average molecular weight is 302 g/mol. The number of ether oxygens (including phenoxy) is 1. The molecule has 3 heteroatoms. The predicted molar refractivity (Wildman–Crippen MR) is 91.3 cm³/mol. The molecule has 1 aromatic heterocycles. The Morgan fingerprint density at radius 2 is 1.74 bits per heavy atom. The first kappa shape index (κ1) is 12.7. The third kappa shape index (κ3) is 1.73. The van der Waals surface area contributed by atoms with Crippen LogP contribution >= 0.6 is 0 Å². The highest BCUT2D eigenvalue weighted by Crippen LogP contribution is 2.36. The lowest BCUT2D eigenvalue weighted by Crippen LogP contribution is -2.12. The van der Waals surface area contributed by atoms with Gasteiger partial charge in [-0.15, -0.1) is 0 Å². The first-order valence-corrected chi connectivity index (χ1v) is 7.86. The highest BCUT2D eigenvalue weighted by atomic mass is 16.5. The Kier molecular flexibility index (Phi) is 2.54. The van der Waals surface area contributed by atoms with Crippen molar-refractivity contribution in [1.82, 2.24) is 0 Å². The quantitative estimate of drug-likeness (QED) is 0.356. The average Bonchev–Trinajstić information content (AvgIpc) is 2.61. The second-order valence-corrected chi connectivity index (χ2v) is 5.98. The summed E-state index contributed by atoms with van der Waals surface area (Å²) in [5.74, 6) is 0.706. The number of aryl methyl sites for hydroxylation is 1. The van der Waals surface area contributed by atoms with Crippen molar-refractivity contribution in [2.75, 3.05) is 6.61 Å². The minimum atomic E-state index is -0.317. The standard InChI is InChI=1S/C20H14O3/c21-20-17-15(9-8-13-5-3-11-22-18(13)17)16-10-7-12-4-1-2-6-14(12)19(16)23-20/h1-2,4,6-10H,3,5,11H2. The van der Waals surface area contributed by atoms with Crippen molar-refractivity contribution in [3.63, 3.8) is 0 Å². The molecule has 0 aliphatic carbocycles. The highest BCUT2D eigenvalue weighted by molar-refractivity contribution is 6.14. The molecule has 0 fully saturated rings. The van der Waals surface area contributed by atoms with Crippen LogP contribution in [0.2, 0.25) is 0 Å². The fourth-order valence-corrected chi connectivity index (χ4v) is 3.56. The number of fused-ring (bicyclic) bond motifs is 7. The van der Waals surface area contributed by atoms with Crippen LogP contribution in [0, 0.1) is 0 Å². The molecule has 2 heterocycles. The minimum absolute atomic E-state index is 0.317. The van der Waals surface area contributed by atoms with E-state index in [4.69, 9.17) is 9.15 Å². The lowest BCUT2D eigenvalue weighted by molar-refractivity contribution is 0.291. The second-order valence-electron chi connectivity index (χ2n) is 5.98. The Morgan fingerprint density at radius 3 is 2.70 bits per heavy atom. The van der Waals surface area contributed by atoms with Gasteiger partial charge < -0.3 is 9.15 Å².